The number of carbonyl (C=O) groups excluding carboxylic acids is 1. The standard InChI is InChI=1S/C19H23N3OS/c23-19(18-10-9-17(24-18)15-7-5-11-20-15)21-14-6-1-2-8-16(14)22-12-3-4-13-22/h1-2,6,8-10,15,20H,3-5,7,11-13H2,(H,21,23). The van der Waals surface area contributed by atoms with Gasteiger partial charge in [0.15, 0.2) is 0 Å². The van der Waals surface area contributed by atoms with E-state index in [4.69, 9.17) is 0 Å². The number of thiophene rings is 1. The second-order valence-corrected chi connectivity index (χ2v) is 7.63. The van der Waals surface area contributed by atoms with Crippen LogP contribution in [0, 0.1) is 0 Å². The maximum atomic E-state index is 12.7. The molecule has 126 valence electrons. The number of anilines is 2. The highest BCUT2D eigenvalue weighted by Crippen LogP contribution is 2.32. The number of para-hydroxylation sites is 2. The lowest BCUT2D eigenvalue weighted by atomic mass is 10.2. The van der Waals surface area contributed by atoms with E-state index in [1.54, 1.807) is 11.3 Å². The van der Waals surface area contributed by atoms with E-state index in [1.807, 2.05) is 24.3 Å². The number of nitrogens with one attached hydrogen (secondary N) is 2. The Balaban J connectivity index is 1.50. The minimum absolute atomic E-state index is 0.00380. The number of benzene rings is 1. The van der Waals surface area contributed by atoms with Crippen LogP contribution in [0.1, 0.15) is 46.3 Å². The topological polar surface area (TPSA) is 44.4 Å². The summed E-state index contributed by atoms with van der Waals surface area (Å²) in [6.07, 6.45) is 4.84. The van der Waals surface area contributed by atoms with Crippen LogP contribution in [0.25, 0.3) is 0 Å². The molecular formula is C19H23N3OS. The third kappa shape index (κ3) is 3.19. The Morgan fingerprint density at radius 3 is 2.75 bits per heavy atom. The summed E-state index contributed by atoms with van der Waals surface area (Å²) in [4.78, 5) is 17.1. The molecule has 1 aromatic carbocycles. The quantitative estimate of drug-likeness (QED) is 0.883. The number of hydrogen-bond acceptors (Lipinski definition) is 4. The summed E-state index contributed by atoms with van der Waals surface area (Å²) < 4.78 is 0. The second-order valence-electron chi connectivity index (χ2n) is 6.52. The Bertz CT molecular complexity index is 715. The molecule has 1 amide bonds. The Kier molecular flexibility index (Phi) is 4.54. The van der Waals surface area contributed by atoms with E-state index in [2.05, 4.69) is 27.7 Å². The van der Waals surface area contributed by atoms with Crippen molar-refractivity contribution < 1.29 is 4.79 Å². The van der Waals surface area contributed by atoms with Gasteiger partial charge in [0.05, 0.1) is 16.3 Å². The van der Waals surface area contributed by atoms with Gasteiger partial charge in [-0.15, -0.1) is 11.3 Å². The summed E-state index contributed by atoms with van der Waals surface area (Å²) in [5.74, 6) is -0.00380. The van der Waals surface area contributed by atoms with E-state index in [0.29, 0.717) is 6.04 Å². The summed E-state index contributed by atoms with van der Waals surface area (Å²) >= 11 is 1.61. The molecule has 1 aromatic heterocycles. The zero-order valence-electron chi connectivity index (χ0n) is 13.8. The number of amides is 1. The van der Waals surface area contributed by atoms with Crippen LogP contribution < -0.4 is 15.5 Å². The van der Waals surface area contributed by atoms with Crippen molar-refractivity contribution >= 4 is 28.6 Å². The average molecular weight is 341 g/mol. The molecule has 1 unspecified atom stereocenters. The number of carbonyl (C=O) groups is 1. The predicted octanol–water partition coefficient (Wildman–Crippen LogP) is 4.03. The van der Waals surface area contributed by atoms with E-state index in [-0.39, 0.29) is 5.91 Å². The van der Waals surface area contributed by atoms with Gasteiger partial charge in [-0.05, 0) is 56.5 Å². The summed E-state index contributed by atoms with van der Waals surface area (Å²) in [7, 11) is 0. The molecule has 2 aromatic rings. The van der Waals surface area contributed by atoms with E-state index in [9.17, 15) is 4.79 Å². The molecule has 0 bridgehead atoms. The monoisotopic (exact) mass is 341 g/mol. The van der Waals surface area contributed by atoms with Gasteiger partial charge < -0.3 is 15.5 Å². The van der Waals surface area contributed by atoms with Gasteiger partial charge in [-0.3, -0.25) is 4.79 Å². The molecule has 0 aliphatic carbocycles. The number of rotatable bonds is 4. The zero-order chi connectivity index (χ0) is 16.4. The molecule has 4 nitrogen and oxygen atoms in total. The molecule has 2 saturated heterocycles. The molecule has 2 aliphatic rings. The Labute approximate surface area is 146 Å². The van der Waals surface area contributed by atoms with Crippen LogP contribution in [-0.2, 0) is 0 Å². The Morgan fingerprint density at radius 2 is 1.96 bits per heavy atom. The van der Waals surface area contributed by atoms with Crippen molar-refractivity contribution in [3.8, 4) is 0 Å². The van der Waals surface area contributed by atoms with E-state index < -0.39 is 0 Å². The van der Waals surface area contributed by atoms with Crippen molar-refractivity contribution in [1.29, 1.82) is 0 Å². The van der Waals surface area contributed by atoms with Gasteiger partial charge in [-0.25, -0.2) is 0 Å². The van der Waals surface area contributed by atoms with Crippen LogP contribution in [0.15, 0.2) is 36.4 Å². The van der Waals surface area contributed by atoms with Crippen LogP contribution in [0.2, 0.25) is 0 Å². The normalized spacial score (nSPS) is 20.5. The van der Waals surface area contributed by atoms with Gasteiger partial charge in [0, 0.05) is 24.0 Å². The molecule has 0 radical (unpaired) electrons. The molecule has 0 spiro atoms. The highest BCUT2D eigenvalue weighted by atomic mass is 32.1. The first-order chi connectivity index (χ1) is 11.8. The van der Waals surface area contributed by atoms with Crippen molar-refractivity contribution in [3.63, 3.8) is 0 Å². The van der Waals surface area contributed by atoms with Crippen molar-refractivity contribution in [2.24, 2.45) is 0 Å². The highest BCUT2D eigenvalue weighted by Gasteiger charge is 2.21. The van der Waals surface area contributed by atoms with Gasteiger partial charge in [0.1, 0.15) is 0 Å². The lowest BCUT2D eigenvalue weighted by Gasteiger charge is -2.21. The molecule has 24 heavy (non-hydrogen) atoms. The van der Waals surface area contributed by atoms with Crippen molar-refractivity contribution in [2.45, 2.75) is 31.7 Å². The number of hydrogen-bond donors (Lipinski definition) is 2. The maximum absolute atomic E-state index is 12.7. The van der Waals surface area contributed by atoms with Gasteiger partial charge in [0.2, 0.25) is 0 Å². The summed E-state index contributed by atoms with van der Waals surface area (Å²) in [6.45, 7) is 3.22. The molecule has 5 heteroatoms. The highest BCUT2D eigenvalue weighted by molar-refractivity contribution is 7.14. The molecule has 4 rings (SSSR count). The van der Waals surface area contributed by atoms with E-state index in [1.165, 1.54) is 30.6 Å². The van der Waals surface area contributed by atoms with Gasteiger partial charge >= 0.3 is 0 Å². The number of nitrogens with zero attached hydrogens (tertiary/aromatic N) is 1. The lowest BCUT2D eigenvalue weighted by Crippen LogP contribution is -2.20. The molecular weight excluding hydrogens is 318 g/mol. The van der Waals surface area contributed by atoms with Crippen molar-refractivity contribution in [3.05, 3.63) is 46.2 Å². The largest absolute Gasteiger partial charge is 0.370 e. The summed E-state index contributed by atoms with van der Waals surface area (Å²) in [5, 5.41) is 6.61. The van der Waals surface area contributed by atoms with Crippen LogP contribution in [0.3, 0.4) is 0 Å². The first-order valence-electron chi connectivity index (χ1n) is 8.80. The summed E-state index contributed by atoms with van der Waals surface area (Å²) in [5.41, 5.74) is 2.05. The van der Waals surface area contributed by atoms with Crippen LogP contribution in [-0.4, -0.2) is 25.5 Å². The molecule has 1 atom stereocenters. The molecule has 0 saturated carbocycles. The predicted molar refractivity (Wildman–Crippen MR) is 100 cm³/mol. The minimum Gasteiger partial charge on any atom is -0.370 e. The second kappa shape index (κ2) is 6.95. The fourth-order valence-corrected chi connectivity index (χ4v) is 4.60. The van der Waals surface area contributed by atoms with Crippen molar-refractivity contribution in [1.82, 2.24) is 5.32 Å². The molecule has 2 N–H and O–H groups in total. The molecule has 3 heterocycles. The molecule has 2 aliphatic heterocycles. The lowest BCUT2D eigenvalue weighted by molar-refractivity contribution is 0.103. The van der Waals surface area contributed by atoms with Crippen molar-refractivity contribution in [2.75, 3.05) is 29.9 Å². The fourth-order valence-electron chi connectivity index (χ4n) is 3.59. The van der Waals surface area contributed by atoms with Gasteiger partial charge in [-0.2, -0.15) is 0 Å². The first-order valence-corrected chi connectivity index (χ1v) is 9.61. The third-order valence-electron chi connectivity index (χ3n) is 4.85. The zero-order valence-corrected chi connectivity index (χ0v) is 14.6. The fraction of sp³-hybridized carbons (Fsp3) is 0.421. The minimum atomic E-state index is -0.00380. The van der Waals surface area contributed by atoms with E-state index >= 15 is 0 Å². The van der Waals surface area contributed by atoms with Crippen LogP contribution in [0.5, 0.6) is 0 Å². The smallest absolute Gasteiger partial charge is 0.265 e. The first kappa shape index (κ1) is 15.7. The van der Waals surface area contributed by atoms with Crippen LogP contribution >= 0.6 is 11.3 Å². The van der Waals surface area contributed by atoms with Crippen LogP contribution in [0.4, 0.5) is 11.4 Å². The SMILES string of the molecule is O=C(Nc1ccccc1N1CCCC1)c1ccc(C2CCCN2)s1. The molecule has 2 fully saturated rings. The van der Waals surface area contributed by atoms with Gasteiger partial charge in [-0.1, -0.05) is 12.1 Å². The maximum Gasteiger partial charge on any atom is 0.265 e. The third-order valence-corrected chi connectivity index (χ3v) is 6.05. The van der Waals surface area contributed by atoms with Gasteiger partial charge in [0.25, 0.3) is 5.91 Å². The average Bonchev–Trinajstić information content (AvgIpc) is 3.35. The summed E-state index contributed by atoms with van der Waals surface area (Å²) in [6, 6.07) is 12.6. The Morgan fingerprint density at radius 1 is 1.12 bits per heavy atom. The van der Waals surface area contributed by atoms with E-state index in [0.717, 1.165) is 35.9 Å². The Hall–Kier alpha value is -1.85.